The Labute approximate surface area is 86.1 Å². The van der Waals surface area contributed by atoms with E-state index in [2.05, 4.69) is 0 Å². The number of benzene rings is 1. The van der Waals surface area contributed by atoms with Crippen molar-refractivity contribution in [2.45, 2.75) is 12.5 Å². The molecule has 0 saturated heterocycles. The third-order valence-electron chi connectivity index (χ3n) is 2.34. The third-order valence-corrected chi connectivity index (χ3v) is 2.34. The van der Waals surface area contributed by atoms with Crippen molar-refractivity contribution < 1.29 is 24.7 Å². The zero-order chi connectivity index (χ0) is 11.0. The van der Waals surface area contributed by atoms with Gasteiger partial charge in [0.2, 0.25) is 0 Å². The van der Waals surface area contributed by atoms with Crippen LogP contribution in [0.2, 0.25) is 0 Å². The summed E-state index contributed by atoms with van der Waals surface area (Å²) in [4.78, 5) is 10.5. The highest BCUT2D eigenvalue weighted by molar-refractivity contribution is 6.61. The molecule has 3 N–H and O–H groups in total. The predicted octanol–water partition coefficient (Wildman–Crippen LogP) is -0.374. The van der Waals surface area contributed by atoms with Crippen LogP contribution in [0.4, 0.5) is 0 Å². The fraction of sp³-hybridized carbons (Fsp3) is 0.222. The topological polar surface area (TPSA) is 87.0 Å². The van der Waals surface area contributed by atoms with E-state index in [0.29, 0.717) is 11.0 Å². The van der Waals surface area contributed by atoms with Gasteiger partial charge in [-0.25, -0.2) is 0 Å². The number of phenols is 1. The number of aliphatic carboxylic acids is 1. The van der Waals surface area contributed by atoms with E-state index in [9.17, 15) is 14.9 Å². The van der Waals surface area contributed by atoms with Gasteiger partial charge >= 0.3 is 13.1 Å². The molecule has 0 aliphatic carbocycles. The molecule has 15 heavy (non-hydrogen) atoms. The number of hydrogen-bond acceptors (Lipinski definition) is 4. The summed E-state index contributed by atoms with van der Waals surface area (Å²) in [6.45, 7) is 0. The van der Waals surface area contributed by atoms with Crippen LogP contribution in [-0.4, -0.2) is 28.3 Å². The van der Waals surface area contributed by atoms with Crippen molar-refractivity contribution >= 4 is 18.6 Å². The summed E-state index contributed by atoms with van der Waals surface area (Å²) in [6, 6.07) is 4.38. The standard InChI is InChI=1S/C9H9BO5/c11-5-1-2-6-7(3-5)10(14)15-8(6)4-9(12)13/h1-3,8,11,14H,4H2,(H,12,13)/t8-/m0/s1. The fourth-order valence-electron chi connectivity index (χ4n) is 1.69. The molecular formula is C9H9BO5. The minimum Gasteiger partial charge on any atom is -0.508 e. The SMILES string of the molecule is O=C(O)C[C@@H]1OB(O)c2cc(O)ccc21. The van der Waals surface area contributed by atoms with Crippen LogP contribution >= 0.6 is 0 Å². The number of carboxylic acid groups (broad SMARTS) is 1. The van der Waals surface area contributed by atoms with E-state index in [4.69, 9.17) is 9.76 Å². The summed E-state index contributed by atoms with van der Waals surface area (Å²) < 4.78 is 5.06. The molecule has 5 nitrogen and oxygen atoms in total. The molecule has 2 rings (SSSR count). The maximum Gasteiger partial charge on any atom is 0.492 e. The van der Waals surface area contributed by atoms with Crippen LogP contribution in [-0.2, 0) is 9.45 Å². The molecule has 1 aliphatic heterocycles. The first kappa shape index (κ1) is 10.0. The molecule has 0 spiro atoms. The van der Waals surface area contributed by atoms with Gasteiger partial charge in [-0.2, -0.15) is 0 Å². The zero-order valence-corrected chi connectivity index (χ0v) is 7.75. The summed E-state index contributed by atoms with van der Waals surface area (Å²) in [5.74, 6) is -0.972. The number of hydrogen-bond donors (Lipinski definition) is 3. The van der Waals surface area contributed by atoms with Gasteiger partial charge in [0, 0.05) is 0 Å². The van der Waals surface area contributed by atoms with Gasteiger partial charge in [0.05, 0.1) is 12.5 Å². The van der Waals surface area contributed by atoms with Crippen molar-refractivity contribution in [2.24, 2.45) is 0 Å². The van der Waals surface area contributed by atoms with Crippen LogP contribution < -0.4 is 5.46 Å². The number of carboxylic acids is 1. The van der Waals surface area contributed by atoms with Crippen LogP contribution in [0, 0.1) is 0 Å². The second-order valence-corrected chi connectivity index (χ2v) is 3.39. The van der Waals surface area contributed by atoms with Gasteiger partial charge in [-0.05, 0) is 23.2 Å². The summed E-state index contributed by atoms with van der Waals surface area (Å²) >= 11 is 0. The van der Waals surface area contributed by atoms with Crippen molar-refractivity contribution in [3.05, 3.63) is 23.8 Å². The van der Waals surface area contributed by atoms with Crippen LogP contribution in [0.5, 0.6) is 5.75 Å². The third kappa shape index (κ3) is 1.81. The molecule has 0 amide bonds. The van der Waals surface area contributed by atoms with Crippen LogP contribution in [0.25, 0.3) is 0 Å². The Balaban J connectivity index is 2.33. The molecule has 0 saturated carbocycles. The molecule has 1 aliphatic rings. The van der Waals surface area contributed by atoms with E-state index in [-0.39, 0.29) is 12.2 Å². The molecule has 1 aromatic carbocycles. The molecule has 1 aromatic rings. The van der Waals surface area contributed by atoms with Crippen LogP contribution in [0.1, 0.15) is 18.1 Å². The largest absolute Gasteiger partial charge is 0.508 e. The lowest BCUT2D eigenvalue weighted by Crippen LogP contribution is -2.27. The molecule has 6 heteroatoms. The Morgan fingerprint density at radius 1 is 1.53 bits per heavy atom. The summed E-state index contributed by atoms with van der Waals surface area (Å²) in [5, 5.41) is 27.3. The minimum absolute atomic E-state index is 0.0207. The molecule has 0 unspecified atom stereocenters. The van der Waals surface area contributed by atoms with Gasteiger partial charge in [0.1, 0.15) is 5.75 Å². The molecule has 0 radical (unpaired) electrons. The lowest BCUT2D eigenvalue weighted by Gasteiger charge is -2.08. The Kier molecular flexibility index (Phi) is 2.38. The Morgan fingerprint density at radius 3 is 2.93 bits per heavy atom. The number of fused-ring (bicyclic) bond motifs is 1. The lowest BCUT2D eigenvalue weighted by atomic mass is 9.79. The van der Waals surface area contributed by atoms with E-state index in [0.717, 1.165) is 0 Å². The van der Waals surface area contributed by atoms with E-state index >= 15 is 0 Å². The number of carbonyl (C=O) groups is 1. The number of aromatic hydroxyl groups is 1. The van der Waals surface area contributed by atoms with Crippen molar-refractivity contribution in [3.8, 4) is 5.75 Å². The maximum absolute atomic E-state index is 10.5. The number of phenolic OH excluding ortho intramolecular Hbond substituents is 1. The van der Waals surface area contributed by atoms with Gasteiger partial charge in [0.15, 0.2) is 0 Å². The highest BCUT2D eigenvalue weighted by Crippen LogP contribution is 2.28. The average Bonchev–Trinajstić information content (AvgIpc) is 2.42. The van der Waals surface area contributed by atoms with E-state index in [1.807, 2.05) is 0 Å². The van der Waals surface area contributed by atoms with Gasteiger partial charge < -0.3 is 19.9 Å². The first-order chi connectivity index (χ1) is 7.08. The summed E-state index contributed by atoms with van der Waals surface area (Å²) in [7, 11) is -1.16. The molecule has 0 fully saturated rings. The Morgan fingerprint density at radius 2 is 2.27 bits per heavy atom. The highest BCUT2D eigenvalue weighted by atomic mass is 16.5. The molecule has 1 atom stereocenters. The molecule has 0 bridgehead atoms. The zero-order valence-electron chi connectivity index (χ0n) is 7.75. The lowest BCUT2D eigenvalue weighted by molar-refractivity contribution is -0.138. The quantitative estimate of drug-likeness (QED) is 0.577. The Hall–Kier alpha value is -1.53. The fourth-order valence-corrected chi connectivity index (χ4v) is 1.69. The van der Waals surface area contributed by atoms with E-state index < -0.39 is 19.2 Å². The molecule has 1 heterocycles. The maximum atomic E-state index is 10.5. The van der Waals surface area contributed by atoms with Crippen molar-refractivity contribution in [1.29, 1.82) is 0 Å². The second-order valence-electron chi connectivity index (χ2n) is 3.39. The minimum atomic E-state index is -1.16. The number of rotatable bonds is 2. The van der Waals surface area contributed by atoms with Gasteiger partial charge in [-0.15, -0.1) is 0 Å². The Bertz CT molecular complexity index is 405. The molecular weight excluding hydrogens is 199 g/mol. The molecule has 0 aromatic heterocycles. The van der Waals surface area contributed by atoms with E-state index in [1.54, 1.807) is 6.07 Å². The highest BCUT2D eigenvalue weighted by Gasteiger charge is 2.36. The van der Waals surface area contributed by atoms with Crippen molar-refractivity contribution in [3.63, 3.8) is 0 Å². The normalized spacial score (nSPS) is 19.0. The van der Waals surface area contributed by atoms with Crippen LogP contribution in [0.3, 0.4) is 0 Å². The second kappa shape index (κ2) is 3.56. The molecule has 78 valence electrons. The predicted molar refractivity (Wildman–Crippen MR) is 51.8 cm³/mol. The first-order valence-electron chi connectivity index (χ1n) is 4.46. The van der Waals surface area contributed by atoms with Crippen molar-refractivity contribution in [1.82, 2.24) is 0 Å². The smallest absolute Gasteiger partial charge is 0.492 e. The summed E-state index contributed by atoms with van der Waals surface area (Å²) in [6.07, 6.45) is -0.845. The van der Waals surface area contributed by atoms with Gasteiger partial charge in [0.25, 0.3) is 0 Å². The summed E-state index contributed by atoms with van der Waals surface area (Å²) in [5.41, 5.74) is 1.05. The first-order valence-corrected chi connectivity index (χ1v) is 4.46. The van der Waals surface area contributed by atoms with Crippen LogP contribution in [0.15, 0.2) is 18.2 Å². The monoisotopic (exact) mass is 208 g/mol. The van der Waals surface area contributed by atoms with Gasteiger partial charge in [-0.1, -0.05) is 6.07 Å². The van der Waals surface area contributed by atoms with Crippen molar-refractivity contribution in [2.75, 3.05) is 0 Å². The van der Waals surface area contributed by atoms with E-state index in [1.165, 1.54) is 12.1 Å². The average molecular weight is 208 g/mol. The van der Waals surface area contributed by atoms with Gasteiger partial charge in [-0.3, -0.25) is 4.79 Å².